The summed E-state index contributed by atoms with van der Waals surface area (Å²) in [5.74, 6) is 1.93. The molecule has 2 fully saturated rings. The molecule has 0 radical (unpaired) electrons. The quantitative estimate of drug-likeness (QED) is 0.490. The van der Waals surface area contributed by atoms with Crippen molar-refractivity contribution in [1.29, 1.82) is 0 Å². The highest BCUT2D eigenvalue weighted by atomic mass is 19.4. The first-order valence-corrected chi connectivity index (χ1v) is 12.2. The van der Waals surface area contributed by atoms with Crippen LogP contribution < -0.4 is 4.74 Å². The second-order valence-corrected chi connectivity index (χ2v) is 9.66. The molecule has 1 unspecified atom stereocenters. The highest BCUT2D eigenvalue weighted by molar-refractivity contribution is 5.31. The number of benzene rings is 2. The van der Waals surface area contributed by atoms with Crippen molar-refractivity contribution in [3.63, 3.8) is 0 Å². The minimum atomic E-state index is -4.34. The number of halogens is 3. The van der Waals surface area contributed by atoms with Crippen LogP contribution in [0.1, 0.15) is 54.7 Å². The van der Waals surface area contributed by atoms with E-state index in [1.54, 1.807) is 6.07 Å². The van der Waals surface area contributed by atoms with Crippen LogP contribution in [0.4, 0.5) is 13.2 Å². The fourth-order valence-electron chi connectivity index (χ4n) is 5.19. The third kappa shape index (κ3) is 6.73. The van der Waals surface area contributed by atoms with E-state index in [1.807, 2.05) is 12.1 Å². The SMILES string of the molecule is CN1CCN(CC(c2ccc(OCc3cccc(C(F)(F)F)c3)cc2)C2CCCCC2)CC1. The van der Waals surface area contributed by atoms with Crippen molar-refractivity contribution in [2.24, 2.45) is 5.92 Å². The molecule has 2 aromatic carbocycles. The van der Waals surface area contributed by atoms with Crippen molar-refractivity contribution in [2.75, 3.05) is 39.8 Å². The lowest BCUT2D eigenvalue weighted by atomic mass is 9.76. The Morgan fingerprint density at radius 3 is 2.30 bits per heavy atom. The fraction of sp³-hybridized carbons (Fsp3) is 0.556. The molecule has 0 N–H and O–H groups in total. The topological polar surface area (TPSA) is 15.7 Å². The van der Waals surface area contributed by atoms with Gasteiger partial charge in [-0.2, -0.15) is 13.2 Å². The monoisotopic (exact) mass is 460 g/mol. The maximum absolute atomic E-state index is 12.9. The van der Waals surface area contributed by atoms with E-state index in [9.17, 15) is 13.2 Å². The van der Waals surface area contributed by atoms with Crippen molar-refractivity contribution in [1.82, 2.24) is 9.80 Å². The van der Waals surface area contributed by atoms with Gasteiger partial charge in [-0.05, 0) is 67.1 Å². The van der Waals surface area contributed by atoms with Gasteiger partial charge in [-0.3, -0.25) is 0 Å². The van der Waals surface area contributed by atoms with Crippen molar-refractivity contribution >= 4 is 0 Å². The Balaban J connectivity index is 1.41. The Hall–Kier alpha value is -2.05. The van der Waals surface area contributed by atoms with E-state index in [1.165, 1.54) is 43.7 Å². The second kappa shape index (κ2) is 10.9. The van der Waals surface area contributed by atoms with Gasteiger partial charge in [-0.25, -0.2) is 0 Å². The van der Waals surface area contributed by atoms with Gasteiger partial charge in [0.1, 0.15) is 12.4 Å². The molecule has 1 heterocycles. The lowest BCUT2D eigenvalue weighted by Crippen LogP contribution is -2.46. The summed E-state index contributed by atoms with van der Waals surface area (Å²) in [6.45, 7) is 5.72. The molecular weight excluding hydrogens is 425 g/mol. The number of nitrogens with zero attached hydrogens (tertiary/aromatic N) is 2. The van der Waals surface area contributed by atoms with Crippen LogP contribution >= 0.6 is 0 Å². The van der Waals surface area contributed by atoms with E-state index in [0.29, 0.717) is 17.2 Å². The summed E-state index contributed by atoms with van der Waals surface area (Å²) < 4.78 is 44.7. The third-order valence-corrected chi connectivity index (χ3v) is 7.24. The van der Waals surface area contributed by atoms with Gasteiger partial charge in [0.25, 0.3) is 0 Å². The largest absolute Gasteiger partial charge is 0.489 e. The molecule has 6 heteroatoms. The summed E-state index contributed by atoms with van der Waals surface area (Å²) >= 11 is 0. The molecule has 33 heavy (non-hydrogen) atoms. The van der Waals surface area contributed by atoms with Crippen LogP contribution in [0.25, 0.3) is 0 Å². The second-order valence-electron chi connectivity index (χ2n) is 9.66. The Morgan fingerprint density at radius 2 is 1.64 bits per heavy atom. The molecule has 2 aliphatic rings. The van der Waals surface area contributed by atoms with E-state index < -0.39 is 11.7 Å². The summed E-state index contributed by atoms with van der Waals surface area (Å²) in [4.78, 5) is 5.00. The summed E-state index contributed by atoms with van der Waals surface area (Å²) in [6.07, 6.45) is 2.25. The van der Waals surface area contributed by atoms with Crippen LogP contribution in [0.5, 0.6) is 5.75 Å². The van der Waals surface area contributed by atoms with Crippen molar-refractivity contribution in [3.8, 4) is 5.75 Å². The van der Waals surface area contributed by atoms with Gasteiger partial charge in [0.15, 0.2) is 0 Å². The zero-order valence-electron chi connectivity index (χ0n) is 19.5. The number of rotatable bonds is 7. The molecule has 1 aliphatic heterocycles. The Kier molecular flexibility index (Phi) is 7.97. The molecule has 1 atom stereocenters. The van der Waals surface area contributed by atoms with E-state index in [-0.39, 0.29) is 6.61 Å². The Labute approximate surface area is 195 Å². The predicted octanol–water partition coefficient (Wildman–Crippen LogP) is 6.20. The lowest BCUT2D eigenvalue weighted by molar-refractivity contribution is -0.137. The first-order chi connectivity index (χ1) is 15.9. The molecule has 180 valence electrons. The number of alkyl halides is 3. The molecule has 2 aromatic rings. The smallest absolute Gasteiger partial charge is 0.416 e. The molecule has 0 aromatic heterocycles. The van der Waals surface area contributed by atoms with Gasteiger partial charge in [-0.15, -0.1) is 0 Å². The molecule has 3 nitrogen and oxygen atoms in total. The fourth-order valence-corrected chi connectivity index (χ4v) is 5.19. The normalized spacial score (nSPS) is 20.0. The van der Waals surface area contributed by atoms with Crippen LogP contribution in [0.2, 0.25) is 0 Å². The van der Waals surface area contributed by atoms with Crippen LogP contribution in [0.15, 0.2) is 48.5 Å². The van der Waals surface area contributed by atoms with Gasteiger partial charge in [-0.1, -0.05) is 43.5 Å². The van der Waals surface area contributed by atoms with Crippen molar-refractivity contribution in [3.05, 3.63) is 65.2 Å². The molecule has 1 saturated heterocycles. The minimum absolute atomic E-state index is 0.122. The number of likely N-dealkylation sites (N-methyl/N-ethyl adjacent to an activating group) is 1. The summed E-state index contributed by atoms with van der Waals surface area (Å²) in [7, 11) is 2.19. The van der Waals surface area contributed by atoms with Gasteiger partial charge in [0.05, 0.1) is 5.56 Å². The standard InChI is InChI=1S/C27H35F3N2O/c1-31-14-16-32(17-15-31)19-26(22-7-3-2-4-8-22)23-10-12-25(13-11-23)33-20-21-6-5-9-24(18-21)27(28,29)30/h5-6,9-13,18,22,26H,2-4,7-8,14-17,19-20H2,1H3. The van der Waals surface area contributed by atoms with Gasteiger partial charge in [0, 0.05) is 32.7 Å². The van der Waals surface area contributed by atoms with Crippen LogP contribution in [-0.4, -0.2) is 49.6 Å². The Bertz CT molecular complexity index is 870. The third-order valence-electron chi connectivity index (χ3n) is 7.24. The number of piperazine rings is 1. The molecule has 0 amide bonds. The van der Waals surface area contributed by atoms with E-state index in [0.717, 1.165) is 50.8 Å². The van der Waals surface area contributed by atoms with Gasteiger partial charge >= 0.3 is 6.18 Å². The average Bonchev–Trinajstić information content (AvgIpc) is 2.83. The number of hydrogen-bond donors (Lipinski definition) is 0. The maximum Gasteiger partial charge on any atom is 0.416 e. The van der Waals surface area contributed by atoms with Crippen LogP contribution in [0, 0.1) is 5.92 Å². The van der Waals surface area contributed by atoms with Crippen molar-refractivity contribution in [2.45, 2.75) is 50.8 Å². The first-order valence-electron chi connectivity index (χ1n) is 12.2. The number of hydrogen-bond acceptors (Lipinski definition) is 3. The average molecular weight is 461 g/mol. The highest BCUT2D eigenvalue weighted by Crippen LogP contribution is 2.37. The highest BCUT2D eigenvalue weighted by Gasteiger charge is 2.30. The maximum atomic E-state index is 12.9. The first kappa shape index (κ1) is 24.1. The minimum Gasteiger partial charge on any atom is -0.489 e. The lowest BCUT2D eigenvalue weighted by Gasteiger charge is -2.38. The number of ether oxygens (including phenoxy) is 1. The molecule has 4 rings (SSSR count). The molecule has 1 saturated carbocycles. The van der Waals surface area contributed by atoms with E-state index in [2.05, 4.69) is 29.0 Å². The summed E-state index contributed by atoms with van der Waals surface area (Å²) in [5.41, 5.74) is 1.23. The predicted molar refractivity (Wildman–Crippen MR) is 125 cm³/mol. The van der Waals surface area contributed by atoms with Gasteiger partial charge < -0.3 is 14.5 Å². The molecular formula is C27H35F3N2O. The zero-order chi connectivity index (χ0) is 23.3. The van der Waals surface area contributed by atoms with E-state index in [4.69, 9.17) is 4.74 Å². The molecule has 0 bridgehead atoms. The van der Waals surface area contributed by atoms with Crippen LogP contribution in [0.3, 0.4) is 0 Å². The summed E-state index contributed by atoms with van der Waals surface area (Å²) in [5, 5.41) is 0. The zero-order valence-corrected chi connectivity index (χ0v) is 19.5. The Morgan fingerprint density at radius 1 is 0.939 bits per heavy atom. The summed E-state index contributed by atoms with van der Waals surface area (Å²) in [6, 6.07) is 13.6. The molecule has 0 spiro atoms. The van der Waals surface area contributed by atoms with Crippen LogP contribution in [-0.2, 0) is 12.8 Å². The van der Waals surface area contributed by atoms with Gasteiger partial charge in [0.2, 0.25) is 0 Å². The molecule has 1 aliphatic carbocycles. The van der Waals surface area contributed by atoms with E-state index >= 15 is 0 Å². The van der Waals surface area contributed by atoms with Crippen molar-refractivity contribution < 1.29 is 17.9 Å².